The smallest absolute Gasteiger partial charge is 0.353 e. The van der Waals surface area contributed by atoms with Gasteiger partial charge in [0, 0.05) is 19.2 Å². The van der Waals surface area contributed by atoms with E-state index in [9.17, 15) is 18.0 Å². The zero-order valence-corrected chi connectivity index (χ0v) is 16.6. The molecule has 4 aromatic rings. The molecule has 164 valence electrons. The number of nitrogens with zero attached hydrogens (tertiary/aromatic N) is 5. The average Bonchev–Trinajstić information content (AvgIpc) is 3.05. The van der Waals surface area contributed by atoms with Gasteiger partial charge in [0.05, 0.1) is 18.9 Å². The molecule has 0 amide bonds. The van der Waals surface area contributed by atoms with Crippen molar-refractivity contribution in [3.63, 3.8) is 0 Å². The number of aromatic nitrogens is 5. The second kappa shape index (κ2) is 8.41. The van der Waals surface area contributed by atoms with Crippen molar-refractivity contribution in [2.75, 3.05) is 7.11 Å². The van der Waals surface area contributed by atoms with Gasteiger partial charge in [-0.2, -0.15) is 0 Å². The lowest BCUT2D eigenvalue weighted by molar-refractivity contribution is 0.366. The Balaban J connectivity index is 1.67. The number of benzene rings is 2. The van der Waals surface area contributed by atoms with Crippen LogP contribution in [-0.4, -0.2) is 31.4 Å². The highest BCUT2D eigenvalue weighted by Crippen LogP contribution is 2.31. The van der Waals surface area contributed by atoms with Crippen LogP contribution in [-0.2, 0) is 7.05 Å². The van der Waals surface area contributed by atoms with E-state index in [4.69, 9.17) is 14.2 Å². The minimum Gasteiger partial charge on any atom is -0.467 e. The van der Waals surface area contributed by atoms with Crippen molar-refractivity contribution in [3.8, 4) is 35.0 Å². The van der Waals surface area contributed by atoms with Gasteiger partial charge in [0.25, 0.3) is 0 Å². The van der Waals surface area contributed by atoms with E-state index < -0.39 is 28.9 Å². The molecule has 0 unspecified atom stereocenters. The van der Waals surface area contributed by atoms with Gasteiger partial charge in [-0.3, -0.25) is 0 Å². The molecule has 0 atom stereocenters. The highest BCUT2D eigenvalue weighted by atomic mass is 19.1. The van der Waals surface area contributed by atoms with Crippen LogP contribution in [0, 0.1) is 17.5 Å². The first-order valence-electron chi connectivity index (χ1n) is 8.99. The summed E-state index contributed by atoms with van der Waals surface area (Å²) in [7, 11) is 2.83. The van der Waals surface area contributed by atoms with Crippen molar-refractivity contribution in [2.45, 2.75) is 0 Å². The lowest BCUT2D eigenvalue weighted by atomic mass is 10.3. The maximum atomic E-state index is 13.9. The number of ether oxygens (including phenoxy) is 3. The molecule has 0 saturated carbocycles. The fraction of sp³-hybridized carbons (Fsp3) is 0.100. The van der Waals surface area contributed by atoms with E-state index in [1.807, 2.05) is 0 Å². The fourth-order valence-corrected chi connectivity index (χ4v) is 2.79. The quantitative estimate of drug-likeness (QED) is 0.449. The van der Waals surface area contributed by atoms with Crippen molar-refractivity contribution >= 4 is 0 Å². The zero-order valence-electron chi connectivity index (χ0n) is 16.6. The van der Waals surface area contributed by atoms with Crippen LogP contribution in [0.4, 0.5) is 13.2 Å². The van der Waals surface area contributed by atoms with E-state index in [0.717, 1.165) is 11.0 Å². The number of rotatable bonds is 6. The second-order valence-electron chi connectivity index (χ2n) is 6.29. The van der Waals surface area contributed by atoms with Crippen LogP contribution in [0.25, 0.3) is 5.69 Å². The number of halogens is 3. The van der Waals surface area contributed by atoms with Gasteiger partial charge in [-0.25, -0.2) is 37.2 Å². The van der Waals surface area contributed by atoms with Gasteiger partial charge in [-0.05, 0) is 12.1 Å². The molecule has 0 aliphatic rings. The van der Waals surface area contributed by atoms with Crippen LogP contribution in [0.3, 0.4) is 0 Å². The van der Waals surface area contributed by atoms with Gasteiger partial charge in [0.1, 0.15) is 12.1 Å². The first kappa shape index (κ1) is 20.9. The average molecular weight is 445 g/mol. The molecule has 2 heterocycles. The lowest BCUT2D eigenvalue weighted by Gasteiger charge is -2.12. The summed E-state index contributed by atoms with van der Waals surface area (Å²) >= 11 is 0. The standard InChI is InChI=1S/C20H14F3N5O4/c1-27-20(29)28(19(26-27)30-2)14-5-3-4-6-15(14)31-16-9-17(25-10-24-16)32-18-12(22)7-11(21)8-13(18)23/h3-10H,1-2H3. The molecule has 2 aromatic heterocycles. The molecule has 0 saturated heterocycles. The monoisotopic (exact) mass is 445 g/mol. The summed E-state index contributed by atoms with van der Waals surface area (Å²) in [6, 6.07) is 8.66. The molecular formula is C20H14F3N5O4. The van der Waals surface area contributed by atoms with Crippen LogP contribution < -0.4 is 19.9 Å². The summed E-state index contributed by atoms with van der Waals surface area (Å²) in [6.45, 7) is 0. The Kier molecular flexibility index (Phi) is 5.50. The Morgan fingerprint density at radius 3 is 2.28 bits per heavy atom. The van der Waals surface area contributed by atoms with Crippen LogP contribution in [0.2, 0.25) is 0 Å². The van der Waals surface area contributed by atoms with Crippen molar-refractivity contribution in [2.24, 2.45) is 7.05 Å². The molecular weight excluding hydrogens is 431 g/mol. The number of hydrogen-bond donors (Lipinski definition) is 0. The summed E-state index contributed by atoms with van der Waals surface area (Å²) < 4.78 is 59.1. The van der Waals surface area contributed by atoms with Crippen molar-refractivity contribution in [1.29, 1.82) is 0 Å². The Morgan fingerprint density at radius 1 is 0.938 bits per heavy atom. The number of para-hydroxylation sites is 2. The lowest BCUT2D eigenvalue weighted by Crippen LogP contribution is -2.22. The highest BCUT2D eigenvalue weighted by Gasteiger charge is 2.19. The third-order valence-corrected chi connectivity index (χ3v) is 4.18. The van der Waals surface area contributed by atoms with Crippen LogP contribution in [0.1, 0.15) is 0 Å². The predicted molar refractivity (Wildman–Crippen MR) is 104 cm³/mol. The molecule has 0 radical (unpaired) electrons. The molecule has 0 bridgehead atoms. The topological polar surface area (TPSA) is 93.3 Å². The van der Waals surface area contributed by atoms with Crippen LogP contribution in [0.5, 0.6) is 29.3 Å². The van der Waals surface area contributed by atoms with E-state index in [1.54, 1.807) is 24.3 Å². The summed E-state index contributed by atoms with van der Waals surface area (Å²) in [6.07, 6.45) is 1.05. The van der Waals surface area contributed by atoms with E-state index in [0.29, 0.717) is 17.8 Å². The summed E-state index contributed by atoms with van der Waals surface area (Å²) in [5, 5.41) is 3.98. The third kappa shape index (κ3) is 3.97. The van der Waals surface area contributed by atoms with E-state index in [1.165, 1.54) is 24.8 Å². The second-order valence-corrected chi connectivity index (χ2v) is 6.29. The molecule has 0 fully saturated rings. The normalized spacial score (nSPS) is 10.8. The molecule has 0 aliphatic carbocycles. The maximum absolute atomic E-state index is 13.9. The zero-order chi connectivity index (χ0) is 22.8. The number of methoxy groups -OCH3 is 1. The Bertz CT molecular complexity index is 1330. The van der Waals surface area contributed by atoms with E-state index in [2.05, 4.69) is 15.1 Å². The summed E-state index contributed by atoms with van der Waals surface area (Å²) in [5.41, 5.74) is -0.175. The number of aryl methyl sites for hydroxylation is 1. The van der Waals surface area contributed by atoms with E-state index >= 15 is 0 Å². The van der Waals surface area contributed by atoms with Crippen LogP contribution in [0.15, 0.2) is 53.6 Å². The predicted octanol–water partition coefficient (Wildman–Crippen LogP) is 3.37. The summed E-state index contributed by atoms with van der Waals surface area (Å²) in [5.74, 6) is -4.51. The van der Waals surface area contributed by atoms with Crippen LogP contribution >= 0.6 is 0 Å². The van der Waals surface area contributed by atoms with Crippen molar-refractivity contribution in [1.82, 2.24) is 24.3 Å². The minimum atomic E-state index is -1.24. The largest absolute Gasteiger partial charge is 0.467 e. The Hall–Kier alpha value is -4.35. The molecule has 0 N–H and O–H groups in total. The molecule has 0 aliphatic heterocycles. The van der Waals surface area contributed by atoms with Crippen molar-refractivity contribution in [3.05, 3.63) is 76.7 Å². The number of hydrogen-bond acceptors (Lipinski definition) is 7. The fourth-order valence-electron chi connectivity index (χ4n) is 2.79. The maximum Gasteiger partial charge on any atom is 0.353 e. The van der Waals surface area contributed by atoms with Gasteiger partial charge in [-0.1, -0.05) is 12.1 Å². The van der Waals surface area contributed by atoms with Gasteiger partial charge < -0.3 is 14.2 Å². The van der Waals surface area contributed by atoms with Gasteiger partial charge >= 0.3 is 11.7 Å². The van der Waals surface area contributed by atoms with Gasteiger partial charge in [0.2, 0.25) is 17.5 Å². The molecule has 4 rings (SSSR count). The molecule has 2 aromatic carbocycles. The molecule has 9 nitrogen and oxygen atoms in total. The molecule has 12 heteroatoms. The first-order chi connectivity index (χ1) is 15.4. The minimum absolute atomic E-state index is 0.0301. The van der Waals surface area contributed by atoms with Gasteiger partial charge in [0.15, 0.2) is 17.4 Å². The first-order valence-corrected chi connectivity index (χ1v) is 8.99. The highest BCUT2D eigenvalue weighted by molar-refractivity contribution is 5.49. The third-order valence-electron chi connectivity index (χ3n) is 4.18. The van der Waals surface area contributed by atoms with Gasteiger partial charge in [-0.15, -0.1) is 5.10 Å². The Labute approximate surface area is 178 Å². The Morgan fingerprint density at radius 2 is 1.59 bits per heavy atom. The SMILES string of the molecule is COc1nn(C)c(=O)n1-c1ccccc1Oc1cc(Oc2c(F)cc(F)cc2F)ncn1. The summed E-state index contributed by atoms with van der Waals surface area (Å²) in [4.78, 5) is 20.2. The molecule has 32 heavy (non-hydrogen) atoms. The molecule has 0 spiro atoms. The van der Waals surface area contributed by atoms with E-state index in [-0.39, 0.29) is 23.5 Å². The van der Waals surface area contributed by atoms with Crippen molar-refractivity contribution < 1.29 is 27.4 Å².